The van der Waals surface area contributed by atoms with Crippen LogP contribution < -0.4 is 16.0 Å². The maximum absolute atomic E-state index is 13.9. The van der Waals surface area contributed by atoms with Crippen molar-refractivity contribution in [2.24, 2.45) is 0 Å². The van der Waals surface area contributed by atoms with E-state index in [1.807, 2.05) is 13.0 Å². The highest BCUT2D eigenvalue weighted by molar-refractivity contribution is 7.92. The smallest absolute Gasteiger partial charge is 0.352 e. The number of aromatic nitrogens is 1. The van der Waals surface area contributed by atoms with Crippen LogP contribution in [0.25, 0.3) is 0 Å². The molecule has 0 aliphatic carbocycles. The summed E-state index contributed by atoms with van der Waals surface area (Å²) in [6, 6.07) is 9.15. The van der Waals surface area contributed by atoms with Crippen LogP contribution in [0.5, 0.6) is 0 Å². The lowest BCUT2D eigenvalue weighted by Gasteiger charge is -2.26. The number of alkyl halides is 3. The maximum atomic E-state index is 13.9. The molecule has 4 rings (SSSR count). The highest BCUT2D eigenvalue weighted by Crippen LogP contribution is 2.32. The zero-order chi connectivity index (χ0) is 27.0. The Hall–Kier alpha value is -4.00. The van der Waals surface area contributed by atoms with E-state index in [0.29, 0.717) is 17.8 Å². The van der Waals surface area contributed by atoms with Gasteiger partial charge in [-0.2, -0.15) is 13.2 Å². The van der Waals surface area contributed by atoms with Gasteiger partial charge < -0.3 is 16.0 Å². The maximum Gasteiger partial charge on any atom is 0.416 e. The molecule has 0 saturated carbocycles. The number of pyridine rings is 1. The van der Waals surface area contributed by atoms with Gasteiger partial charge in [-0.3, -0.25) is 9.59 Å². The van der Waals surface area contributed by atoms with Crippen LogP contribution in [0.3, 0.4) is 0 Å². The lowest BCUT2D eigenvalue weighted by molar-refractivity contribution is -0.137. The van der Waals surface area contributed by atoms with Gasteiger partial charge >= 0.3 is 6.18 Å². The molecule has 1 aliphatic heterocycles. The molecular formula is C24H20F4N4O4S. The molecule has 1 fully saturated rings. The fourth-order valence-electron chi connectivity index (χ4n) is 3.63. The van der Waals surface area contributed by atoms with Crippen molar-refractivity contribution in [3.05, 3.63) is 82.9 Å². The molecule has 13 heteroatoms. The standard InChI is InChI=1S/C24H20F4N4O4S/c1-13-4-2-3-5-18(13)31-21-10-29-20(23(34)30-17-11-37(35,36)12-17)9-19(21)32-22(33)14-6-15(24(26,27)28)8-16(25)7-14/h2-10,17,31H,11-12H2,1H3,(H,30,34)(H,29,32,33). The predicted octanol–water partition coefficient (Wildman–Crippen LogP) is 4.07. The Morgan fingerprint density at radius 2 is 1.68 bits per heavy atom. The molecule has 1 aromatic heterocycles. The molecule has 8 nitrogen and oxygen atoms in total. The summed E-state index contributed by atoms with van der Waals surface area (Å²) < 4.78 is 75.9. The number of nitrogens with zero attached hydrogens (tertiary/aromatic N) is 1. The number of carbonyl (C=O) groups is 2. The number of hydrogen-bond donors (Lipinski definition) is 3. The van der Waals surface area contributed by atoms with Gasteiger partial charge in [-0.15, -0.1) is 0 Å². The van der Waals surface area contributed by atoms with Crippen LogP contribution in [0.1, 0.15) is 32.0 Å². The number of carbonyl (C=O) groups excluding carboxylic acids is 2. The van der Waals surface area contributed by atoms with Gasteiger partial charge in [-0.1, -0.05) is 18.2 Å². The molecule has 2 heterocycles. The number of rotatable bonds is 6. The van der Waals surface area contributed by atoms with Gasteiger partial charge in [0.05, 0.1) is 40.7 Å². The molecule has 3 N–H and O–H groups in total. The minimum atomic E-state index is -4.87. The summed E-state index contributed by atoms with van der Waals surface area (Å²) in [5.74, 6) is -3.43. The number of amides is 2. The monoisotopic (exact) mass is 536 g/mol. The first kappa shape index (κ1) is 26.1. The normalized spacial score (nSPS) is 14.9. The average molecular weight is 537 g/mol. The summed E-state index contributed by atoms with van der Waals surface area (Å²) in [6.45, 7) is 1.81. The van der Waals surface area contributed by atoms with Crippen molar-refractivity contribution in [3.8, 4) is 0 Å². The van der Waals surface area contributed by atoms with Crippen LogP contribution >= 0.6 is 0 Å². The zero-order valence-corrected chi connectivity index (χ0v) is 20.0. The Morgan fingerprint density at radius 1 is 0.973 bits per heavy atom. The number of anilines is 3. The second-order valence-corrected chi connectivity index (χ2v) is 10.6. The van der Waals surface area contributed by atoms with Crippen molar-refractivity contribution >= 4 is 38.7 Å². The van der Waals surface area contributed by atoms with Gasteiger partial charge in [0, 0.05) is 11.3 Å². The molecule has 0 spiro atoms. The SMILES string of the molecule is Cc1ccccc1Nc1cnc(C(=O)NC2CS(=O)(=O)C2)cc1NC(=O)c1cc(F)cc(C(F)(F)F)c1. The molecule has 0 unspecified atom stereocenters. The Balaban J connectivity index is 1.65. The number of benzene rings is 2. The van der Waals surface area contributed by atoms with E-state index in [9.17, 15) is 35.6 Å². The lowest BCUT2D eigenvalue weighted by Crippen LogP contribution is -2.53. The molecule has 194 valence electrons. The summed E-state index contributed by atoms with van der Waals surface area (Å²) >= 11 is 0. The number of nitrogens with one attached hydrogen (secondary N) is 3. The van der Waals surface area contributed by atoms with E-state index < -0.39 is 50.8 Å². The van der Waals surface area contributed by atoms with Crippen LogP contribution in [0.2, 0.25) is 0 Å². The summed E-state index contributed by atoms with van der Waals surface area (Å²) in [6.07, 6.45) is -3.63. The predicted molar refractivity (Wildman–Crippen MR) is 128 cm³/mol. The van der Waals surface area contributed by atoms with Crippen LogP contribution in [0.4, 0.5) is 34.6 Å². The van der Waals surface area contributed by atoms with Crippen LogP contribution in [0, 0.1) is 12.7 Å². The van der Waals surface area contributed by atoms with E-state index in [1.165, 1.54) is 12.3 Å². The highest BCUT2D eigenvalue weighted by atomic mass is 32.2. The van der Waals surface area contributed by atoms with Gasteiger partial charge in [0.25, 0.3) is 11.8 Å². The first-order valence-corrected chi connectivity index (χ1v) is 12.7. The first-order chi connectivity index (χ1) is 17.3. The van der Waals surface area contributed by atoms with E-state index in [2.05, 4.69) is 20.9 Å². The third kappa shape index (κ3) is 6.23. The number of aryl methyl sites for hydroxylation is 1. The molecule has 3 aromatic rings. The van der Waals surface area contributed by atoms with E-state index in [0.717, 1.165) is 5.56 Å². The molecule has 2 aromatic carbocycles. The molecule has 37 heavy (non-hydrogen) atoms. The van der Waals surface area contributed by atoms with Crippen LogP contribution in [0.15, 0.2) is 54.7 Å². The molecule has 2 amide bonds. The summed E-state index contributed by atoms with van der Waals surface area (Å²) in [7, 11) is -3.19. The Labute approximate surface area is 209 Å². The molecule has 0 atom stereocenters. The van der Waals surface area contributed by atoms with Gasteiger partial charge in [-0.25, -0.2) is 17.8 Å². The van der Waals surface area contributed by atoms with Crippen molar-refractivity contribution in [1.82, 2.24) is 10.3 Å². The van der Waals surface area contributed by atoms with Crippen LogP contribution in [-0.4, -0.2) is 42.8 Å². The average Bonchev–Trinajstić information content (AvgIpc) is 2.79. The van der Waals surface area contributed by atoms with Crippen molar-refractivity contribution in [3.63, 3.8) is 0 Å². The fourth-order valence-corrected chi connectivity index (χ4v) is 4.92. The number of hydrogen-bond acceptors (Lipinski definition) is 6. The van der Waals surface area contributed by atoms with Crippen molar-refractivity contribution in [2.75, 3.05) is 22.1 Å². The largest absolute Gasteiger partial charge is 0.416 e. The Morgan fingerprint density at radius 3 is 2.32 bits per heavy atom. The molecule has 1 saturated heterocycles. The van der Waals surface area contributed by atoms with Crippen molar-refractivity contribution < 1.29 is 35.6 Å². The van der Waals surface area contributed by atoms with Crippen molar-refractivity contribution in [1.29, 1.82) is 0 Å². The van der Waals surface area contributed by atoms with E-state index in [1.54, 1.807) is 18.2 Å². The van der Waals surface area contributed by atoms with E-state index in [4.69, 9.17) is 0 Å². The number of sulfone groups is 1. The van der Waals surface area contributed by atoms with Gasteiger partial charge in [-0.05, 0) is 42.8 Å². The minimum Gasteiger partial charge on any atom is -0.352 e. The molecule has 0 bridgehead atoms. The molecule has 1 aliphatic rings. The number of halogens is 4. The zero-order valence-electron chi connectivity index (χ0n) is 19.2. The minimum absolute atomic E-state index is 0.0209. The second kappa shape index (κ2) is 9.81. The summed E-state index contributed by atoms with van der Waals surface area (Å²) in [4.78, 5) is 29.5. The quantitative estimate of drug-likeness (QED) is 0.409. The fraction of sp³-hybridized carbons (Fsp3) is 0.208. The molecule has 0 radical (unpaired) electrons. The third-order valence-corrected chi connectivity index (χ3v) is 7.35. The lowest BCUT2D eigenvalue weighted by atomic mass is 10.1. The first-order valence-electron chi connectivity index (χ1n) is 10.8. The molecular weight excluding hydrogens is 516 g/mol. The highest BCUT2D eigenvalue weighted by Gasteiger charge is 2.35. The van der Waals surface area contributed by atoms with Gasteiger partial charge in [0.15, 0.2) is 9.84 Å². The number of para-hydroxylation sites is 1. The Kier molecular flexibility index (Phi) is 6.91. The van der Waals surface area contributed by atoms with Gasteiger partial charge in [0.1, 0.15) is 11.5 Å². The van der Waals surface area contributed by atoms with Crippen LogP contribution in [-0.2, 0) is 16.0 Å². The second-order valence-electron chi connectivity index (χ2n) is 8.48. The van der Waals surface area contributed by atoms with Gasteiger partial charge in [0.2, 0.25) is 0 Å². The third-order valence-electron chi connectivity index (χ3n) is 5.53. The summed E-state index contributed by atoms with van der Waals surface area (Å²) in [5, 5.41) is 7.98. The van der Waals surface area contributed by atoms with E-state index >= 15 is 0 Å². The topological polar surface area (TPSA) is 117 Å². The van der Waals surface area contributed by atoms with Crippen molar-refractivity contribution in [2.45, 2.75) is 19.1 Å². The Bertz CT molecular complexity index is 1480. The van der Waals surface area contributed by atoms with E-state index in [-0.39, 0.29) is 34.6 Å². The summed E-state index contributed by atoms with van der Waals surface area (Å²) in [5.41, 5.74) is -0.456.